The van der Waals surface area contributed by atoms with E-state index in [1.165, 1.54) is 33.4 Å². The van der Waals surface area contributed by atoms with E-state index in [0.717, 1.165) is 11.1 Å². The molecule has 4 aromatic carbocycles. The number of hydrogen-bond acceptors (Lipinski definition) is 2. The zero-order valence-electron chi connectivity index (χ0n) is 15.5. The van der Waals surface area contributed by atoms with Gasteiger partial charge >= 0.3 is 0 Å². The summed E-state index contributed by atoms with van der Waals surface area (Å²) < 4.78 is 0. The monoisotopic (exact) mass is 366 g/mol. The minimum absolute atomic E-state index is 0.417. The van der Waals surface area contributed by atoms with Gasteiger partial charge in [-0.3, -0.25) is 0 Å². The summed E-state index contributed by atoms with van der Waals surface area (Å²) in [6, 6.07) is 33.6. The van der Waals surface area contributed by atoms with Gasteiger partial charge in [0.05, 0.1) is 28.7 Å². The van der Waals surface area contributed by atoms with Crippen molar-refractivity contribution in [2.75, 3.05) is 0 Å². The second-order valence-electron chi connectivity index (χ2n) is 7.59. The molecular formula is C27H14N2. The summed E-state index contributed by atoms with van der Waals surface area (Å²) in [5.74, 6) is 0. The topological polar surface area (TPSA) is 47.6 Å². The molecular weight excluding hydrogens is 352 g/mol. The van der Waals surface area contributed by atoms with Gasteiger partial charge in [0.25, 0.3) is 0 Å². The highest BCUT2D eigenvalue weighted by molar-refractivity contribution is 5.95. The first kappa shape index (κ1) is 15.9. The molecule has 0 aromatic heterocycles. The van der Waals surface area contributed by atoms with Crippen molar-refractivity contribution in [3.63, 3.8) is 0 Å². The summed E-state index contributed by atoms with van der Waals surface area (Å²) in [5.41, 5.74) is 10.3. The average Bonchev–Trinajstić information content (AvgIpc) is 3.25. The van der Waals surface area contributed by atoms with Crippen LogP contribution in [0.15, 0.2) is 84.9 Å². The van der Waals surface area contributed by atoms with Crippen molar-refractivity contribution in [2.45, 2.75) is 5.41 Å². The minimum atomic E-state index is -0.417. The Balaban J connectivity index is 1.84. The van der Waals surface area contributed by atoms with Gasteiger partial charge in [-0.2, -0.15) is 10.5 Å². The van der Waals surface area contributed by atoms with Crippen LogP contribution in [0.5, 0.6) is 0 Å². The van der Waals surface area contributed by atoms with Crippen molar-refractivity contribution < 1.29 is 0 Å². The third-order valence-corrected chi connectivity index (χ3v) is 6.35. The van der Waals surface area contributed by atoms with Crippen LogP contribution in [0.2, 0.25) is 0 Å². The molecule has 2 nitrogen and oxygen atoms in total. The summed E-state index contributed by atoms with van der Waals surface area (Å²) >= 11 is 0. The SMILES string of the molecule is N#Cc1ccc2c(c1)-c1cc(C#N)ccc1C21c2ccccc2-c2ccccc21. The Labute approximate surface area is 168 Å². The predicted molar refractivity (Wildman–Crippen MR) is 112 cm³/mol. The highest BCUT2D eigenvalue weighted by atomic mass is 14.5. The third-order valence-electron chi connectivity index (χ3n) is 6.35. The van der Waals surface area contributed by atoms with Crippen LogP contribution in [0.3, 0.4) is 0 Å². The molecule has 2 aliphatic carbocycles. The fourth-order valence-corrected chi connectivity index (χ4v) is 5.29. The number of rotatable bonds is 0. The Kier molecular flexibility index (Phi) is 2.98. The lowest BCUT2D eigenvalue weighted by molar-refractivity contribution is 0.793. The molecule has 0 radical (unpaired) electrons. The second-order valence-corrected chi connectivity index (χ2v) is 7.59. The molecule has 0 saturated heterocycles. The maximum Gasteiger partial charge on any atom is 0.0991 e. The fraction of sp³-hybridized carbons (Fsp3) is 0.0370. The van der Waals surface area contributed by atoms with Gasteiger partial charge in [-0.15, -0.1) is 0 Å². The molecule has 0 atom stereocenters. The highest BCUT2D eigenvalue weighted by Gasteiger charge is 2.51. The molecule has 1 spiro atoms. The van der Waals surface area contributed by atoms with E-state index in [2.05, 4.69) is 72.8 Å². The Morgan fingerprint density at radius 1 is 0.483 bits per heavy atom. The van der Waals surface area contributed by atoms with Crippen LogP contribution in [0.25, 0.3) is 22.3 Å². The van der Waals surface area contributed by atoms with Crippen LogP contribution in [0.4, 0.5) is 0 Å². The Hall–Kier alpha value is -4.14. The van der Waals surface area contributed by atoms with Gasteiger partial charge in [-0.05, 0) is 68.8 Å². The standard InChI is InChI=1S/C27H14N2/c28-15-17-9-11-25-21(13-17)22-14-18(16-29)10-12-26(22)27(25)23-7-3-1-5-19(23)20-6-2-4-8-24(20)27/h1-14H. The van der Waals surface area contributed by atoms with E-state index in [1.807, 2.05) is 24.3 Å². The molecule has 0 N–H and O–H groups in total. The fourth-order valence-electron chi connectivity index (χ4n) is 5.29. The Morgan fingerprint density at radius 3 is 1.34 bits per heavy atom. The van der Waals surface area contributed by atoms with Crippen molar-refractivity contribution in [3.05, 3.63) is 118 Å². The highest BCUT2D eigenvalue weighted by Crippen LogP contribution is 2.62. The lowest BCUT2D eigenvalue weighted by Crippen LogP contribution is -2.25. The molecule has 2 aliphatic rings. The molecule has 0 saturated carbocycles. The summed E-state index contributed by atoms with van der Waals surface area (Å²) in [6.45, 7) is 0. The van der Waals surface area contributed by atoms with E-state index in [-0.39, 0.29) is 0 Å². The smallest absolute Gasteiger partial charge is 0.0991 e. The molecule has 0 amide bonds. The number of fused-ring (bicyclic) bond motifs is 10. The summed E-state index contributed by atoms with van der Waals surface area (Å²) in [5, 5.41) is 19.0. The van der Waals surface area contributed by atoms with Crippen LogP contribution in [0.1, 0.15) is 33.4 Å². The van der Waals surface area contributed by atoms with Crippen LogP contribution in [0, 0.1) is 22.7 Å². The summed E-state index contributed by atoms with van der Waals surface area (Å²) in [4.78, 5) is 0. The van der Waals surface area contributed by atoms with Crippen LogP contribution in [-0.2, 0) is 5.41 Å². The largest absolute Gasteiger partial charge is 0.192 e. The summed E-state index contributed by atoms with van der Waals surface area (Å²) in [7, 11) is 0. The van der Waals surface area contributed by atoms with Gasteiger partial charge in [-0.1, -0.05) is 60.7 Å². The van der Waals surface area contributed by atoms with E-state index in [1.54, 1.807) is 0 Å². The van der Waals surface area contributed by atoms with Gasteiger partial charge in [-0.25, -0.2) is 0 Å². The molecule has 0 heterocycles. The quantitative estimate of drug-likeness (QED) is 0.342. The van der Waals surface area contributed by atoms with E-state index in [4.69, 9.17) is 0 Å². The third kappa shape index (κ3) is 1.79. The normalized spacial score (nSPS) is 13.7. The molecule has 0 aliphatic heterocycles. The molecule has 29 heavy (non-hydrogen) atoms. The first-order valence-corrected chi connectivity index (χ1v) is 9.58. The molecule has 4 aromatic rings. The van der Waals surface area contributed by atoms with Gasteiger partial charge in [0.15, 0.2) is 0 Å². The number of nitriles is 2. The Morgan fingerprint density at radius 2 is 0.897 bits per heavy atom. The van der Waals surface area contributed by atoms with Crippen molar-refractivity contribution in [2.24, 2.45) is 0 Å². The van der Waals surface area contributed by atoms with Gasteiger partial charge < -0.3 is 0 Å². The van der Waals surface area contributed by atoms with Crippen molar-refractivity contribution in [1.29, 1.82) is 10.5 Å². The van der Waals surface area contributed by atoms with E-state index in [9.17, 15) is 10.5 Å². The molecule has 6 rings (SSSR count). The molecule has 2 heteroatoms. The maximum absolute atomic E-state index is 9.49. The lowest BCUT2D eigenvalue weighted by atomic mass is 9.70. The van der Waals surface area contributed by atoms with Crippen molar-refractivity contribution >= 4 is 0 Å². The first-order chi connectivity index (χ1) is 14.3. The van der Waals surface area contributed by atoms with E-state index < -0.39 is 5.41 Å². The molecule has 0 bridgehead atoms. The average molecular weight is 366 g/mol. The van der Waals surface area contributed by atoms with Gasteiger partial charge in [0.1, 0.15) is 0 Å². The van der Waals surface area contributed by atoms with Crippen molar-refractivity contribution in [3.8, 4) is 34.4 Å². The van der Waals surface area contributed by atoms with Crippen LogP contribution < -0.4 is 0 Å². The van der Waals surface area contributed by atoms with Crippen molar-refractivity contribution in [1.82, 2.24) is 0 Å². The summed E-state index contributed by atoms with van der Waals surface area (Å²) in [6.07, 6.45) is 0. The second kappa shape index (κ2) is 5.44. The maximum atomic E-state index is 9.49. The Bertz CT molecular complexity index is 1320. The lowest BCUT2D eigenvalue weighted by Gasteiger charge is -2.30. The number of nitrogens with zero attached hydrogens (tertiary/aromatic N) is 2. The van der Waals surface area contributed by atoms with Crippen LogP contribution >= 0.6 is 0 Å². The molecule has 132 valence electrons. The minimum Gasteiger partial charge on any atom is -0.192 e. The molecule has 0 unspecified atom stereocenters. The first-order valence-electron chi connectivity index (χ1n) is 9.58. The zero-order chi connectivity index (χ0) is 19.6. The number of hydrogen-bond donors (Lipinski definition) is 0. The van der Waals surface area contributed by atoms with Gasteiger partial charge in [0.2, 0.25) is 0 Å². The van der Waals surface area contributed by atoms with E-state index in [0.29, 0.717) is 11.1 Å². The zero-order valence-corrected chi connectivity index (χ0v) is 15.5. The van der Waals surface area contributed by atoms with Crippen LogP contribution in [-0.4, -0.2) is 0 Å². The predicted octanol–water partition coefficient (Wildman–Crippen LogP) is 5.77. The molecule has 0 fully saturated rings. The van der Waals surface area contributed by atoms with E-state index >= 15 is 0 Å². The number of benzene rings is 4. The van der Waals surface area contributed by atoms with Gasteiger partial charge in [0, 0.05) is 0 Å².